The molecule has 0 aliphatic rings. The fourth-order valence-corrected chi connectivity index (χ4v) is 3.43. The molecule has 3 rings (SSSR count). The molecule has 0 unspecified atom stereocenters. The van der Waals surface area contributed by atoms with E-state index in [-0.39, 0.29) is 17.2 Å². The zero-order chi connectivity index (χ0) is 20.3. The van der Waals surface area contributed by atoms with Crippen molar-refractivity contribution in [2.45, 2.75) is 19.4 Å². The summed E-state index contributed by atoms with van der Waals surface area (Å²) in [6.45, 7) is 1.79. The Labute approximate surface area is 179 Å². The van der Waals surface area contributed by atoms with Crippen LogP contribution in [0.4, 0.5) is 11.4 Å². The Morgan fingerprint density at radius 3 is 2.93 bits per heavy atom. The van der Waals surface area contributed by atoms with Crippen molar-refractivity contribution in [3.05, 3.63) is 56.9 Å². The van der Waals surface area contributed by atoms with Gasteiger partial charge in [-0.2, -0.15) is 0 Å². The van der Waals surface area contributed by atoms with Crippen LogP contribution < -0.4 is 10.8 Å². The van der Waals surface area contributed by atoms with E-state index in [0.717, 1.165) is 4.47 Å². The Kier molecular flexibility index (Phi) is 6.79. The number of anilines is 2. The van der Waals surface area contributed by atoms with Crippen molar-refractivity contribution < 1.29 is 14.7 Å². The number of fused-ring (bicyclic) bond motifs is 1. The first-order chi connectivity index (χ1) is 13.4. The molecule has 0 aliphatic carbocycles. The van der Waals surface area contributed by atoms with Gasteiger partial charge in [-0.05, 0) is 24.6 Å². The second kappa shape index (κ2) is 9.11. The van der Waals surface area contributed by atoms with Gasteiger partial charge in [-0.15, -0.1) is 0 Å². The molecular weight excluding hydrogens is 471 g/mol. The highest BCUT2D eigenvalue weighted by molar-refractivity contribution is 9.10. The lowest BCUT2D eigenvalue weighted by atomic mass is 10.2. The van der Waals surface area contributed by atoms with Gasteiger partial charge in [0, 0.05) is 23.1 Å². The molecule has 2 aromatic heterocycles. The van der Waals surface area contributed by atoms with Crippen LogP contribution in [0.2, 0.25) is 10.0 Å². The van der Waals surface area contributed by atoms with Crippen LogP contribution in [0.1, 0.15) is 23.7 Å². The van der Waals surface area contributed by atoms with E-state index in [4.69, 9.17) is 28.0 Å². The summed E-state index contributed by atoms with van der Waals surface area (Å²) >= 11 is 16.2. The summed E-state index contributed by atoms with van der Waals surface area (Å²) in [4.78, 5) is 22.0. The van der Waals surface area contributed by atoms with E-state index < -0.39 is 12.0 Å². The Morgan fingerprint density at radius 2 is 2.21 bits per heavy atom. The Bertz CT molecular complexity index is 1010. The summed E-state index contributed by atoms with van der Waals surface area (Å²) in [7, 11) is 0. The molecular formula is C18H17BrCl2N4O3. The third-order valence-electron chi connectivity index (χ3n) is 3.97. The predicted molar refractivity (Wildman–Crippen MR) is 112 cm³/mol. The zero-order valence-corrected chi connectivity index (χ0v) is 17.8. The van der Waals surface area contributed by atoms with Crippen molar-refractivity contribution in [3.8, 4) is 0 Å². The van der Waals surface area contributed by atoms with Gasteiger partial charge in [0.05, 0.1) is 28.1 Å². The first-order valence-electron chi connectivity index (χ1n) is 8.38. The van der Waals surface area contributed by atoms with Gasteiger partial charge in [0.25, 0.3) is 5.91 Å². The average molecular weight is 488 g/mol. The molecule has 10 heteroatoms. The molecule has 2 heterocycles. The smallest absolute Gasteiger partial charge is 0.278 e. The number of aliphatic hydroxyl groups excluding tert-OH is 1. The highest BCUT2D eigenvalue weighted by Gasteiger charge is 2.20. The molecule has 1 aromatic carbocycles. The molecule has 0 radical (unpaired) electrons. The third-order valence-corrected chi connectivity index (χ3v) is 5.13. The van der Waals surface area contributed by atoms with Crippen molar-refractivity contribution in [1.29, 1.82) is 0 Å². The summed E-state index contributed by atoms with van der Waals surface area (Å²) in [6, 6.07) is 5.29. The first kappa shape index (κ1) is 20.9. The van der Waals surface area contributed by atoms with Crippen molar-refractivity contribution in [2.75, 3.05) is 11.9 Å². The first-order valence-corrected chi connectivity index (χ1v) is 9.93. The van der Waals surface area contributed by atoms with Crippen LogP contribution in [0.3, 0.4) is 0 Å². The third kappa shape index (κ3) is 4.59. The van der Waals surface area contributed by atoms with Crippen LogP contribution in [0, 0.1) is 0 Å². The van der Waals surface area contributed by atoms with Gasteiger partial charge < -0.3 is 14.8 Å². The van der Waals surface area contributed by atoms with Crippen molar-refractivity contribution in [2.24, 2.45) is 0 Å². The normalized spacial score (nSPS) is 12.2. The number of carbonyl (C=O) groups is 1. The van der Waals surface area contributed by atoms with E-state index in [1.165, 1.54) is 0 Å². The Balaban J connectivity index is 1.96. The van der Waals surface area contributed by atoms with Gasteiger partial charge in [-0.1, -0.05) is 46.1 Å². The number of aromatic nitrogens is 2. The number of amides is 1. The maximum Gasteiger partial charge on any atom is 0.278 e. The number of hydrogen-bond acceptors (Lipinski definition) is 5. The number of pyridine rings is 1. The van der Waals surface area contributed by atoms with Crippen LogP contribution in [0.5, 0.6) is 0 Å². The number of nitrogens with zero attached hydrogens (tertiary/aromatic N) is 2. The van der Waals surface area contributed by atoms with E-state index >= 15 is 0 Å². The predicted octanol–water partition coefficient (Wildman–Crippen LogP) is 4.58. The minimum absolute atomic E-state index is 0.0232. The van der Waals surface area contributed by atoms with Crippen molar-refractivity contribution >= 4 is 62.1 Å². The second-order valence-electron chi connectivity index (χ2n) is 5.94. The lowest BCUT2D eigenvalue weighted by molar-refractivity contribution is -0.0133. The number of carbonyl (C=O) groups excluding carboxylic acids is 1. The quantitative estimate of drug-likeness (QED) is 0.424. The molecule has 0 aliphatic heterocycles. The molecule has 7 nitrogen and oxygen atoms in total. The highest BCUT2D eigenvalue weighted by Crippen LogP contribution is 2.35. The molecule has 0 saturated heterocycles. The Hall–Kier alpha value is -1.84. The summed E-state index contributed by atoms with van der Waals surface area (Å²) < 4.78 is 2.45. The molecule has 0 bridgehead atoms. The molecule has 3 aromatic rings. The van der Waals surface area contributed by atoms with Crippen LogP contribution in [0.25, 0.3) is 5.65 Å². The fraction of sp³-hybridized carbons (Fsp3) is 0.222. The number of nitrogens with one attached hydrogen (secondary N) is 2. The van der Waals surface area contributed by atoms with Crippen LogP contribution in [-0.4, -0.2) is 33.1 Å². The molecule has 1 atom stereocenters. The number of rotatable bonds is 7. The highest BCUT2D eigenvalue weighted by atomic mass is 79.9. The van der Waals surface area contributed by atoms with E-state index in [1.54, 1.807) is 35.1 Å². The summed E-state index contributed by atoms with van der Waals surface area (Å²) in [6.07, 6.45) is 4.68. The van der Waals surface area contributed by atoms with E-state index in [2.05, 4.69) is 31.7 Å². The van der Waals surface area contributed by atoms with Gasteiger partial charge in [-0.25, -0.2) is 10.5 Å². The number of imidazole rings is 1. The Morgan fingerprint density at radius 1 is 1.43 bits per heavy atom. The summed E-state index contributed by atoms with van der Waals surface area (Å²) in [5.74, 6) is -0.531. The minimum Gasteiger partial charge on any atom is -0.391 e. The van der Waals surface area contributed by atoms with Crippen LogP contribution in [0.15, 0.2) is 41.3 Å². The van der Waals surface area contributed by atoms with Gasteiger partial charge in [0.15, 0.2) is 5.65 Å². The van der Waals surface area contributed by atoms with E-state index in [1.807, 2.05) is 13.0 Å². The second-order valence-corrected chi connectivity index (χ2v) is 7.64. The van der Waals surface area contributed by atoms with Gasteiger partial charge >= 0.3 is 0 Å². The number of hydroxylamine groups is 1. The van der Waals surface area contributed by atoms with Gasteiger partial charge in [0.1, 0.15) is 11.6 Å². The SMILES string of the molecule is CC[C@H](O)CONC(=O)c1cn2ccnc2c(Cl)c1Nc1ccc(Br)cc1Cl. The zero-order valence-electron chi connectivity index (χ0n) is 14.7. The molecule has 3 N–H and O–H groups in total. The summed E-state index contributed by atoms with van der Waals surface area (Å²) in [5.41, 5.74) is 3.94. The van der Waals surface area contributed by atoms with Gasteiger partial charge in [-0.3, -0.25) is 9.63 Å². The average Bonchev–Trinajstić information content (AvgIpc) is 3.14. The lowest BCUT2D eigenvalue weighted by Crippen LogP contribution is -2.29. The van der Waals surface area contributed by atoms with Gasteiger partial charge in [0.2, 0.25) is 0 Å². The maximum absolute atomic E-state index is 12.7. The maximum atomic E-state index is 12.7. The lowest BCUT2D eigenvalue weighted by Gasteiger charge is -2.16. The molecule has 0 fully saturated rings. The van der Waals surface area contributed by atoms with E-state index in [9.17, 15) is 9.90 Å². The van der Waals surface area contributed by atoms with Crippen LogP contribution in [-0.2, 0) is 4.84 Å². The number of aliphatic hydroxyl groups is 1. The van der Waals surface area contributed by atoms with Crippen molar-refractivity contribution in [3.63, 3.8) is 0 Å². The molecule has 1 amide bonds. The van der Waals surface area contributed by atoms with Crippen molar-refractivity contribution in [1.82, 2.24) is 14.9 Å². The molecule has 0 saturated carbocycles. The van der Waals surface area contributed by atoms with Crippen LogP contribution >= 0.6 is 39.1 Å². The number of halogens is 3. The number of benzene rings is 1. The number of hydrogen-bond donors (Lipinski definition) is 3. The summed E-state index contributed by atoms with van der Waals surface area (Å²) in [5, 5.41) is 13.4. The minimum atomic E-state index is -0.667. The molecule has 0 spiro atoms. The fourth-order valence-electron chi connectivity index (χ4n) is 2.42. The standard InChI is InChI=1S/C18H17BrCl2N4O3/c1-2-11(26)9-28-24-18(27)12-8-25-6-5-22-17(25)15(21)16(12)23-14-4-3-10(19)7-13(14)20/h3-8,11,23,26H,2,9H2,1H3,(H,24,27)/t11-/m0/s1. The topological polar surface area (TPSA) is 87.9 Å². The molecule has 148 valence electrons. The van der Waals surface area contributed by atoms with E-state index in [0.29, 0.717) is 28.5 Å². The largest absolute Gasteiger partial charge is 0.391 e. The monoisotopic (exact) mass is 486 g/mol. The molecule has 28 heavy (non-hydrogen) atoms.